The predicted molar refractivity (Wildman–Crippen MR) is 99.6 cm³/mol. The van der Waals surface area contributed by atoms with Gasteiger partial charge in [0.25, 0.3) is 5.91 Å². The quantitative estimate of drug-likeness (QED) is 0.294. The molecular formula is C18H16N5OS+. The second-order valence-corrected chi connectivity index (χ2v) is 6.48. The average molecular weight is 350 g/mol. The van der Waals surface area contributed by atoms with E-state index in [1.165, 1.54) is 11.8 Å². The number of para-hydroxylation sites is 3. The minimum atomic E-state index is -0.159. The number of carbonyl (C=O) groups is 1. The van der Waals surface area contributed by atoms with Crippen molar-refractivity contribution in [2.24, 2.45) is 5.10 Å². The number of nitrogens with zero attached hydrogens (tertiary/aromatic N) is 1. The summed E-state index contributed by atoms with van der Waals surface area (Å²) in [5.74, 6) is 0.113. The molecule has 0 aliphatic carbocycles. The summed E-state index contributed by atoms with van der Waals surface area (Å²) in [6.45, 7) is 0. The predicted octanol–water partition coefficient (Wildman–Crippen LogP) is 2.71. The van der Waals surface area contributed by atoms with Crippen molar-refractivity contribution in [1.29, 1.82) is 0 Å². The molecule has 0 aliphatic heterocycles. The van der Waals surface area contributed by atoms with Crippen molar-refractivity contribution in [2.45, 2.75) is 5.16 Å². The molecule has 0 radical (unpaired) electrons. The van der Waals surface area contributed by atoms with Crippen LogP contribution in [0.2, 0.25) is 0 Å². The maximum Gasteiger partial charge on any atom is 0.315 e. The molecule has 4 N–H and O–H groups in total. The summed E-state index contributed by atoms with van der Waals surface area (Å²) in [6, 6.07) is 15.9. The van der Waals surface area contributed by atoms with Crippen LogP contribution in [0.5, 0.6) is 0 Å². The summed E-state index contributed by atoms with van der Waals surface area (Å²) in [7, 11) is 0. The minimum Gasteiger partial charge on any atom is -0.361 e. The summed E-state index contributed by atoms with van der Waals surface area (Å²) in [5, 5.41) is 5.96. The van der Waals surface area contributed by atoms with Gasteiger partial charge in [0, 0.05) is 22.7 Å². The Balaban J connectivity index is 1.34. The van der Waals surface area contributed by atoms with Crippen molar-refractivity contribution in [3.8, 4) is 0 Å². The molecule has 7 heteroatoms. The molecule has 2 heterocycles. The summed E-state index contributed by atoms with van der Waals surface area (Å²) in [4.78, 5) is 21.6. The SMILES string of the molecule is O=C(CSc1[nH]c2ccccc2[nH+]1)N/N=C/c1c[nH]c2ccccc12. The van der Waals surface area contributed by atoms with Crippen LogP contribution in [0.4, 0.5) is 0 Å². The van der Waals surface area contributed by atoms with Crippen LogP contribution in [0.25, 0.3) is 21.9 Å². The zero-order chi connectivity index (χ0) is 17.1. The van der Waals surface area contributed by atoms with Gasteiger partial charge in [-0.05, 0) is 30.0 Å². The van der Waals surface area contributed by atoms with Crippen molar-refractivity contribution in [3.05, 3.63) is 60.3 Å². The Morgan fingerprint density at radius 1 is 1.16 bits per heavy atom. The zero-order valence-electron chi connectivity index (χ0n) is 13.2. The standard InChI is InChI=1S/C18H15N5OS/c24-17(11-25-18-21-15-7-3-4-8-16(15)22-18)23-20-10-12-9-19-14-6-2-1-5-13(12)14/h1-10,19H,11H2,(H,21,22)(H,23,24)/p+1/b20-10+. The monoisotopic (exact) mass is 350 g/mol. The van der Waals surface area contributed by atoms with Gasteiger partial charge in [0.15, 0.2) is 11.0 Å². The van der Waals surface area contributed by atoms with Gasteiger partial charge in [0.1, 0.15) is 0 Å². The lowest BCUT2D eigenvalue weighted by Crippen LogP contribution is -2.20. The highest BCUT2D eigenvalue weighted by Crippen LogP contribution is 2.16. The van der Waals surface area contributed by atoms with Gasteiger partial charge in [-0.3, -0.25) is 4.79 Å². The molecule has 0 saturated heterocycles. The number of hydrogen-bond donors (Lipinski definition) is 3. The molecule has 2 aromatic heterocycles. The average Bonchev–Trinajstić information content (AvgIpc) is 3.24. The molecule has 6 nitrogen and oxygen atoms in total. The first-order valence-corrected chi connectivity index (χ1v) is 8.79. The molecule has 0 saturated carbocycles. The molecule has 0 bridgehead atoms. The van der Waals surface area contributed by atoms with E-state index in [0.29, 0.717) is 0 Å². The van der Waals surface area contributed by atoms with Gasteiger partial charge in [-0.15, -0.1) is 0 Å². The van der Waals surface area contributed by atoms with Crippen molar-refractivity contribution in [3.63, 3.8) is 0 Å². The number of thioether (sulfide) groups is 1. The number of amides is 1. The number of aromatic amines is 3. The third-order valence-corrected chi connectivity index (χ3v) is 4.68. The topological polar surface area (TPSA) is 87.2 Å². The van der Waals surface area contributed by atoms with E-state index in [0.717, 1.165) is 32.7 Å². The fourth-order valence-corrected chi connectivity index (χ4v) is 3.30. The van der Waals surface area contributed by atoms with Gasteiger partial charge in [0.05, 0.1) is 12.0 Å². The number of H-pyrrole nitrogens is 3. The van der Waals surface area contributed by atoms with Crippen molar-refractivity contribution < 1.29 is 9.78 Å². The van der Waals surface area contributed by atoms with E-state index in [1.807, 2.05) is 54.7 Å². The third-order valence-electron chi connectivity index (χ3n) is 3.79. The minimum absolute atomic E-state index is 0.159. The van der Waals surface area contributed by atoms with Crippen LogP contribution in [-0.2, 0) is 4.79 Å². The first-order chi connectivity index (χ1) is 12.3. The van der Waals surface area contributed by atoms with Crippen LogP contribution in [0.15, 0.2) is 65.0 Å². The van der Waals surface area contributed by atoms with Crippen LogP contribution < -0.4 is 10.4 Å². The van der Waals surface area contributed by atoms with Gasteiger partial charge in [0.2, 0.25) is 0 Å². The van der Waals surface area contributed by atoms with E-state index < -0.39 is 0 Å². The molecule has 0 fully saturated rings. The Hall–Kier alpha value is -3.06. The number of aromatic nitrogens is 3. The lowest BCUT2D eigenvalue weighted by molar-refractivity contribution is -0.396. The molecule has 4 aromatic rings. The normalized spacial score (nSPS) is 11.5. The van der Waals surface area contributed by atoms with Crippen LogP contribution >= 0.6 is 11.8 Å². The highest BCUT2D eigenvalue weighted by atomic mass is 32.2. The van der Waals surface area contributed by atoms with Crippen LogP contribution in [0.1, 0.15) is 5.56 Å². The lowest BCUT2D eigenvalue weighted by Gasteiger charge is -1.96. The second kappa shape index (κ2) is 6.82. The Bertz CT molecular complexity index is 1030. The molecular weight excluding hydrogens is 334 g/mol. The number of rotatable bonds is 5. The van der Waals surface area contributed by atoms with E-state index in [-0.39, 0.29) is 11.7 Å². The lowest BCUT2D eigenvalue weighted by atomic mass is 10.2. The molecule has 4 rings (SSSR count). The van der Waals surface area contributed by atoms with E-state index in [4.69, 9.17) is 0 Å². The number of imidazole rings is 1. The van der Waals surface area contributed by atoms with Gasteiger partial charge in [-0.1, -0.05) is 30.3 Å². The summed E-state index contributed by atoms with van der Waals surface area (Å²) < 4.78 is 0. The summed E-state index contributed by atoms with van der Waals surface area (Å²) in [6.07, 6.45) is 3.52. The van der Waals surface area contributed by atoms with Crippen molar-refractivity contribution in [1.82, 2.24) is 15.4 Å². The number of benzene rings is 2. The Morgan fingerprint density at radius 2 is 1.96 bits per heavy atom. The van der Waals surface area contributed by atoms with Crippen molar-refractivity contribution >= 4 is 45.8 Å². The molecule has 2 aromatic carbocycles. The molecule has 0 unspecified atom stereocenters. The molecule has 0 atom stereocenters. The molecule has 1 amide bonds. The number of hydrazone groups is 1. The third kappa shape index (κ3) is 3.41. The number of hydrogen-bond acceptors (Lipinski definition) is 3. The number of nitrogens with one attached hydrogen (secondary N) is 4. The van der Waals surface area contributed by atoms with Crippen molar-refractivity contribution in [2.75, 3.05) is 5.75 Å². The Labute approximate surface area is 147 Å². The first kappa shape index (κ1) is 15.5. The summed E-state index contributed by atoms with van der Waals surface area (Å²) >= 11 is 1.40. The largest absolute Gasteiger partial charge is 0.361 e. The molecule has 25 heavy (non-hydrogen) atoms. The van der Waals surface area contributed by atoms with E-state index in [1.54, 1.807) is 6.21 Å². The highest BCUT2D eigenvalue weighted by molar-refractivity contribution is 7.99. The van der Waals surface area contributed by atoms with Crippen LogP contribution in [0, 0.1) is 0 Å². The number of fused-ring (bicyclic) bond motifs is 2. The van der Waals surface area contributed by atoms with E-state index >= 15 is 0 Å². The maximum absolute atomic E-state index is 11.9. The molecule has 124 valence electrons. The van der Waals surface area contributed by atoms with Gasteiger partial charge >= 0.3 is 5.16 Å². The van der Waals surface area contributed by atoms with Gasteiger partial charge < -0.3 is 4.98 Å². The summed E-state index contributed by atoms with van der Waals surface area (Å²) in [5.41, 5.74) is 6.57. The molecule has 0 spiro atoms. The Morgan fingerprint density at radius 3 is 2.84 bits per heavy atom. The molecule has 0 aliphatic rings. The van der Waals surface area contributed by atoms with Gasteiger partial charge in [-0.2, -0.15) is 5.10 Å². The fraction of sp³-hybridized carbons (Fsp3) is 0.0556. The highest BCUT2D eigenvalue weighted by Gasteiger charge is 2.11. The first-order valence-electron chi connectivity index (χ1n) is 7.80. The smallest absolute Gasteiger partial charge is 0.315 e. The van der Waals surface area contributed by atoms with Gasteiger partial charge in [-0.25, -0.2) is 15.4 Å². The second-order valence-electron chi connectivity index (χ2n) is 5.50. The fourth-order valence-electron chi connectivity index (χ4n) is 2.59. The maximum atomic E-state index is 11.9. The van der Waals surface area contributed by atoms with E-state index in [2.05, 4.69) is 25.5 Å². The Kier molecular flexibility index (Phi) is 4.22. The van der Waals surface area contributed by atoms with Crippen LogP contribution in [0.3, 0.4) is 0 Å². The zero-order valence-corrected chi connectivity index (χ0v) is 14.1. The van der Waals surface area contributed by atoms with Crippen LogP contribution in [-0.4, -0.2) is 27.8 Å². The number of carbonyl (C=O) groups excluding carboxylic acids is 1. The van der Waals surface area contributed by atoms with E-state index in [9.17, 15) is 4.79 Å².